The van der Waals surface area contributed by atoms with Crippen LogP contribution in [0.3, 0.4) is 0 Å². The van der Waals surface area contributed by atoms with Crippen LogP contribution in [0, 0.1) is 0 Å². The third-order valence-corrected chi connectivity index (χ3v) is 3.66. The molecule has 1 amide bonds. The Morgan fingerprint density at radius 3 is 2.55 bits per heavy atom. The van der Waals surface area contributed by atoms with Crippen molar-refractivity contribution in [1.82, 2.24) is 5.32 Å². The Labute approximate surface area is 130 Å². The number of carbonyl (C=O) groups excluding carboxylic acids is 1. The maximum Gasteiger partial charge on any atom is 0.251 e. The molecule has 1 aliphatic rings. The first-order chi connectivity index (χ1) is 10.7. The zero-order valence-electron chi connectivity index (χ0n) is 12.5. The summed E-state index contributed by atoms with van der Waals surface area (Å²) < 4.78 is 11.3. The fourth-order valence-electron chi connectivity index (χ4n) is 2.40. The molecule has 0 bridgehead atoms. The molecule has 114 valence electrons. The van der Waals surface area contributed by atoms with Crippen molar-refractivity contribution in [3.8, 4) is 11.5 Å². The highest BCUT2D eigenvalue weighted by molar-refractivity contribution is 5.94. The molecule has 0 radical (unpaired) electrons. The third kappa shape index (κ3) is 3.22. The molecular weight excluding hydrogens is 278 g/mol. The number of fused-ring (bicyclic) bond motifs is 1. The van der Waals surface area contributed by atoms with E-state index in [0.717, 1.165) is 23.5 Å². The number of amides is 1. The van der Waals surface area contributed by atoms with Gasteiger partial charge in [0.1, 0.15) is 0 Å². The maximum absolute atomic E-state index is 12.2. The van der Waals surface area contributed by atoms with E-state index in [1.54, 1.807) is 12.1 Å². The van der Waals surface area contributed by atoms with E-state index in [2.05, 4.69) is 5.32 Å². The molecular formula is C18H19NO3. The Hall–Kier alpha value is -2.49. The minimum Gasteiger partial charge on any atom is -0.490 e. The summed E-state index contributed by atoms with van der Waals surface area (Å²) in [5.74, 6) is 1.43. The number of rotatable bonds is 3. The molecule has 0 unspecified atom stereocenters. The van der Waals surface area contributed by atoms with E-state index in [1.807, 2.05) is 43.3 Å². The summed E-state index contributed by atoms with van der Waals surface area (Å²) in [6.07, 6.45) is 0.879. The summed E-state index contributed by atoms with van der Waals surface area (Å²) in [5.41, 5.74) is 1.65. The molecule has 0 saturated heterocycles. The van der Waals surface area contributed by atoms with Crippen molar-refractivity contribution in [1.29, 1.82) is 0 Å². The summed E-state index contributed by atoms with van der Waals surface area (Å²) >= 11 is 0. The normalized spacial score (nSPS) is 14.8. The highest BCUT2D eigenvalue weighted by Crippen LogP contribution is 2.32. The SMILES string of the molecule is C[C@@H](NC(=O)c1ccccc1)c1ccc2c(c1)OCCCO2. The van der Waals surface area contributed by atoms with E-state index in [4.69, 9.17) is 9.47 Å². The van der Waals surface area contributed by atoms with Crippen molar-refractivity contribution in [2.45, 2.75) is 19.4 Å². The summed E-state index contributed by atoms with van der Waals surface area (Å²) in [7, 11) is 0. The first-order valence-corrected chi connectivity index (χ1v) is 7.49. The van der Waals surface area contributed by atoms with Crippen LogP contribution in [-0.2, 0) is 0 Å². The number of ether oxygens (including phenoxy) is 2. The minimum absolute atomic E-state index is 0.0831. The second-order valence-corrected chi connectivity index (χ2v) is 5.32. The van der Waals surface area contributed by atoms with Crippen LogP contribution in [-0.4, -0.2) is 19.1 Å². The Kier molecular flexibility index (Phi) is 4.28. The molecule has 2 aromatic carbocycles. The van der Waals surface area contributed by atoms with Crippen LogP contribution in [0.25, 0.3) is 0 Å². The lowest BCUT2D eigenvalue weighted by atomic mass is 10.1. The van der Waals surface area contributed by atoms with Crippen LogP contribution >= 0.6 is 0 Å². The van der Waals surface area contributed by atoms with Crippen LogP contribution in [0.5, 0.6) is 11.5 Å². The van der Waals surface area contributed by atoms with E-state index in [1.165, 1.54) is 0 Å². The molecule has 3 rings (SSSR count). The standard InChI is InChI=1S/C18H19NO3/c1-13(19-18(20)14-6-3-2-4-7-14)15-8-9-16-17(12-15)22-11-5-10-21-16/h2-4,6-9,12-13H,5,10-11H2,1H3,(H,19,20)/t13-/m1/s1. The van der Waals surface area contributed by atoms with Gasteiger partial charge in [0.25, 0.3) is 5.91 Å². The van der Waals surface area contributed by atoms with Gasteiger partial charge in [-0.2, -0.15) is 0 Å². The van der Waals surface area contributed by atoms with Crippen LogP contribution in [0.15, 0.2) is 48.5 Å². The summed E-state index contributed by atoms with van der Waals surface area (Å²) in [6, 6.07) is 14.9. The molecule has 22 heavy (non-hydrogen) atoms. The van der Waals surface area contributed by atoms with Crippen molar-refractivity contribution in [2.24, 2.45) is 0 Å². The van der Waals surface area contributed by atoms with E-state index >= 15 is 0 Å². The van der Waals surface area contributed by atoms with Gasteiger partial charge >= 0.3 is 0 Å². The molecule has 1 N–H and O–H groups in total. The molecule has 2 aromatic rings. The Bertz CT molecular complexity index is 655. The number of carbonyl (C=O) groups is 1. The molecule has 1 aliphatic heterocycles. The van der Waals surface area contributed by atoms with Gasteiger partial charge in [0, 0.05) is 12.0 Å². The smallest absolute Gasteiger partial charge is 0.251 e. The minimum atomic E-state index is -0.107. The predicted molar refractivity (Wildman–Crippen MR) is 84.4 cm³/mol. The van der Waals surface area contributed by atoms with E-state index in [9.17, 15) is 4.79 Å². The van der Waals surface area contributed by atoms with Crippen molar-refractivity contribution in [3.63, 3.8) is 0 Å². The highest BCUT2D eigenvalue weighted by Gasteiger charge is 2.15. The molecule has 4 nitrogen and oxygen atoms in total. The van der Waals surface area contributed by atoms with Crippen molar-refractivity contribution in [2.75, 3.05) is 13.2 Å². The summed E-state index contributed by atoms with van der Waals surface area (Å²) in [5, 5.41) is 3.00. The summed E-state index contributed by atoms with van der Waals surface area (Å²) in [6.45, 7) is 3.29. The molecule has 0 aromatic heterocycles. The van der Waals surface area contributed by atoms with Gasteiger partial charge in [-0.15, -0.1) is 0 Å². The first kappa shape index (κ1) is 14.4. The number of hydrogen-bond donors (Lipinski definition) is 1. The molecule has 4 heteroatoms. The van der Waals surface area contributed by atoms with Gasteiger partial charge in [0.05, 0.1) is 19.3 Å². The van der Waals surface area contributed by atoms with Crippen molar-refractivity contribution in [3.05, 3.63) is 59.7 Å². The lowest BCUT2D eigenvalue weighted by Gasteiger charge is -2.16. The number of nitrogens with one attached hydrogen (secondary N) is 1. The van der Waals surface area contributed by atoms with Gasteiger partial charge in [-0.1, -0.05) is 24.3 Å². The van der Waals surface area contributed by atoms with Crippen molar-refractivity contribution >= 4 is 5.91 Å². The predicted octanol–water partition coefficient (Wildman–Crippen LogP) is 3.34. The largest absolute Gasteiger partial charge is 0.490 e. The molecule has 0 spiro atoms. The average Bonchev–Trinajstić information content (AvgIpc) is 2.80. The van der Waals surface area contributed by atoms with Gasteiger partial charge in [0.15, 0.2) is 11.5 Å². The van der Waals surface area contributed by atoms with Crippen LogP contribution in [0.4, 0.5) is 0 Å². The first-order valence-electron chi connectivity index (χ1n) is 7.49. The monoisotopic (exact) mass is 297 g/mol. The van der Waals surface area contributed by atoms with Crippen LogP contribution < -0.4 is 14.8 Å². The van der Waals surface area contributed by atoms with Gasteiger partial charge in [0.2, 0.25) is 0 Å². The zero-order valence-corrected chi connectivity index (χ0v) is 12.5. The van der Waals surface area contributed by atoms with Crippen LogP contribution in [0.1, 0.15) is 35.3 Å². The van der Waals surface area contributed by atoms with Gasteiger partial charge in [-0.3, -0.25) is 4.79 Å². The second kappa shape index (κ2) is 6.52. The number of hydrogen-bond acceptors (Lipinski definition) is 3. The molecule has 0 aliphatic carbocycles. The average molecular weight is 297 g/mol. The van der Waals surface area contributed by atoms with Gasteiger partial charge in [-0.25, -0.2) is 0 Å². The Balaban J connectivity index is 1.73. The van der Waals surface area contributed by atoms with Crippen LogP contribution in [0.2, 0.25) is 0 Å². The fraction of sp³-hybridized carbons (Fsp3) is 0.278. The molecule has 0 saturated carbocycles. The molecule has 1 heterocycles. The van der Waals surface area contributed by atoms with E-state index in [-0.39, 0.29) is 11.9 Å². The maximum atomic E-state index is 12.2. The Morgan fingerprint density at radius 2 is 1.77 bits per heavy atom. The van der Waals surface area contributed by atoms with E-state index < -0.39 is 0 Å². The second-order valence-electron chi connectivity index (χ2n) is 5.32. The quantitative estimate of drug-likeness (QED) is 0.945. The van der Waals surface area contributed by atoms with E-state index in [0.29, 0.717) is 18.8 Å². The van der Waals surface area contributed by atoms with Crippen molar-refractivity contribution < 1.29 is 14.3 Å². The molecule has 1 atom stereocenters. The lowest BCUT2D eigenvalue weighted by Crippen LogP contribution is -2.26. The lowest BCUT2D eigenvalue weighted by molar-refractivity contribution is 0.0940. The zero-order chi connectivity index (χ0) is 15.4. The third-order valence-electron chi connectivity index (χ3n) is 3.66. The van der Waals surface area contributed by atoms with Gasteiger partial charge in [-0.05, 0) is 36.8 Å². The molecule has 0 fully saturated rings. The number of benzene rings is 2. The van der Waals surface area contributed by atoms with Gasteiger partial charge < -0.3 is 14.8 Å². The fourth-order valence-corrected chi connectivity index (χ4v) is 2.40. The summed E-state index contributed by atoms with van der Waals surface area (Å²) in [4.78, 5) is 12.2. The topological polar surface area (TPSA) is 47.6 Å². The highest BCUT2D eigenvalue weighted by atomic mass is 16.5. The Morgan fingerprint density at radius 1 is 1.05 bits per heavy atom.